The number of nitrogens with one attached hydrogen (secondary N) is 1. The van der Waals surface area contributed by atoms with Gasteiger partial charge in [0.2, 0.25) is 0 Å². The molecule has 0 aliphatic carbocycles. The van der Waals surface area contributed by atoms with Gasteiger partial charge in [0.1, 0.15) is 5.75 Å². The van der Waals surface area contributed by atoms with Gasteiger partial charge in [0.25, 0.3) is 11.8 Å². The van der Waals surface area contributed by atoms with Gasteiger partial charge in [-0.2, -0.15) is 0 Å². The van der Waals surface area contributed by atoms with Crippen LogP contribution in [0.2, 0.25) is 0 Å². The number of phenols is 1. The van der Waals surface area contributed by atoms with E-state index in [0.717, 1.165) is 0 Å². The highest BCUT2D eigenvalue weighted by molar-refractivity contribution is 5.97. The lowest BCUT2D eigenvalue weighted by Crippen LogP contribution is -2.46. The smallest absolute Gasteiger partial charge is 0.257 e. The van der Waals surface area contributed by atoms with E-state index < -0.39 is 0 Å². The van der Waals surface area contributed by atoms with Crippen LogP contribution in [0.4, 0.5) is 0 Å². The lowest BCUT2D eigenvalue weighted by Gasteiger charge is -2.32. The Bertz CT molecular complexity index is 725. The van der Waals surface area contributed by atoms with Crippen molar-refractivity contribution in [3.8, 4) is 5.75 Å². The van der Waals surface area contributed by atoms with Crippen molar-refractivity contribution in [3.05, 3.63) is 59.9 Å². The van der Waals surface area contributed by atoms with Gasteiger partial charge < -0.3 is 15.3 Å². The van der Waals surface area contributed by atoms with Crippen LogP contribution in [0.3, 0.4) is 0 Å². The SMILES string of the molecule is O=C(NC1CCN(C(=O)c2ccccc2O)CC1)c1cccnc1. The predicted octanol–water partition coefficient (Wildman–Crippen LogP) is 1.82. The zero-order valence-electron chi connectivity index (χ0n) is 13.2. The van der Waals surface area contributed by atoms with Gasteiger partial charge >= 0.3 is 0 Å². The third kappa shape index (κ3) is 3.53. The van der Waals surface area contributed by atoms with E-state index in [1.54, 1.807) is 41.4 Å². The Labute approximate surface area is 140 Å². The van der Waals surface area contributed by atoms with E-state index in [4.69, 9.17) is 0 Å². The fourth-order valence-electron chi connectivity index (χ4n) is 2.82. The lowest BCUT2D eigenvalue weighted by molar-refractivity contribution is 0.0695. The molecule has 1 saturated heterocycles. The van der Waals surface area contributed by atoms with Crippen LogP contribution in [0.15, 0.2) is 48.8 Å². The standard InChI is InChI=1S/C18H19N3O3/c22-16-6-2-1-5-15(16)18(24)21-10-7-14(8-11-21)20-17(23)13-4-3-9-19-12-13/h1-6,9,12,14,22H,7-8,10-11H2,(H,20,23). The molecule has 2 N–H and O–H groups in total. The van der Waals surface area contributed by atoms with Crippen molar-refractivity contribution in [1.29, 1.82) is 0 Å². The molecule has 0 atom stereocenters. The molecule has 0 spiro atoms. The number of hydrogen-bond donors (Lipinski definition) is 2. The molecular weight excluding hydrogens is 306 g/mol. The van der Waals surface area contributed by atoms with Crippen molar-refractivity contribution in [2.45, 2.75) is 18.9 Å². The van der Waals surface area contributed by atoms with Crippen molar-refractivity contribution >= 4 is 11.8 Å². The number of amides is 2. The second kappa shape index (κ2) is 7.12. The summed E-state index contributed by atoms with van der Waals surface area (Å²) in [6.45, 7) is 1.09. The summed E-state index contributed by atoms with van der Waals surface area (Å²) < 4.78 is 0. The van der Waals surface area contributed by atoms with Crippen LogP contribution < -0.4 is 5.32 Å². The number of pyridine rings is 1. The highest BCUT2D eigenvalue weighted by atomic mass is 16.3. The summed E-state index contributed by atoms with van der Waals surface area (Å²) in [6.07, 6.45) is 4.53. The maximum atomic E-state index is 12.4. The molecule has 1 aromatic heterocycles. The Hall–Kier alpha value is -2.89. The van der Waals surface area contributed by atoms with Gasteiger partial charge in [-0.3, -0.25) is 14.6 Å². The summed E-state index contributed by atoms with van der Waals surface area (Å²) in [5.41, 5.74) is 0.848. The molecule has 0 radical (unpaired) electrons. The van der Waals surface area contributed by atoms with Crippen LogP contribution in [0, 0.1) is 0 Å². The number of carbonyl (C=O) groups is 2. The maximum Gasteiger partial charge on any atom is 0.257 e. The van der Waals surface area contributed by atoms with Gasteiger partial charge in [0.15, 0.2) is 0 Å². The highest BCUT2D eigenvalue weighted by Crippen LogP contribution is 2.20. The molecule has 6 nitrogen and oxygen atoms in total. The molecule has 1 aromatic carbocycles. The third-order valence-corrected chi connectivity index (χ3v) is 4.18. The minimum absolute atomic E-state index is 0.00509. The number of carbonyl (C=O) groups excluding carboxylic acids is 2. The van der Waals surface area contributed by atoms with Gasteiger partial charge in [-0.05, 0) is 37.1 Å². The van der Waals surface area contributed by atoms with E-state index >= 15 is 0 Å². The first-order valence-corrected chi connectivity index (χ1v) is 7.93. The minimum atomic E-state index is -0.176. The monoisotopic (exact) mass is 325 g/mol. The first kappa shape index (κ1) is 16.0. The second-order valence-electron chi connectivity index (χ2n) is 5.80. The number of aromatic nitrogens is 1. The Balaban J connectivity index is 1.55. The van der Waals surface area contributed by atoms with Crippen molar-refractivity contribution in [3.63, 3.8) is 0 Å². The highest BCUT2D eigenvalue weighted by Gasteiger charge is 2.26. The summed E-state index contributed by atoms with van der Waals surface area (Å²) in [6, 6.07) is 10.0. The van der Waals surface area contributed by atoms with E-state index in [1.807, 2.05) is 0 Å². The molecule has 0 saturated carbocycles. The van der Waals surface area contributed by atoms with E-state index in [0.29, 0.717) is 37.1 Å². The van der Waals surface area contributed by atoms with Crippen LogP contribution >= 0.6 is 0 Å². The van der Waals surface area contributed by atoms with E-state index in [9.17, 15) is 14.7 Å². The number of aromatic hydroxyl groups is 1. The van der Waals surface area contributed by atoms with Crippen molar-refractivity contribution < 1.29 is 14.7 Å². The summed E-state index contributed by atoms with van der Waals surface area (Å²) in [5.74, 6) is -0.326. The van der Waals surface area contributed by atoms with E-state index in [2.05, 4.69) is 10.3 Å². The summed E-state index contributed by atoms with van der Waals surface area (Å²) >= 11 is 0. The first-order chi connectivity index (χ1) is 11.6. The molecule has 0 bridgehead atoms. The zero-order chi connectivity index (χ0) is 16.9. The van der Waals surface area contributed by atoms with Gasteiger partial charge in [-0.25, -0.2) is 0 Å². The number of piperidine rings is 1. The molecule has 2 heterocycles. The average Bonchev–Trinajstić information content (AvgIpc) is 2.63. The Kier molecular flexibility index (Phi) is 4.74. The Morgan fingerprint density at radius 3 is 2.54 bits per heavy atom. The number of hydrogen-bond acceptors (Lipinski definition) is 4. The number of para-hydroxylation sites is 1. The third-order valence-electron chi connectivity index (χ3n) is 4.18. The molecular formula is C18H19N3O3. The fourth-order valence-corrected chi connectivity index (χ4v) is 2.82. The molecule has 124 valence electrons. The summed E-state index contributed by atoms with van der Waals surface area (Å²) in [7, 11) is 0. The van der Waals surface area contributed by atoms with Crippen LogP contribution in [0.1, 0.15) is 33.6 Å². The van der Waals surface area contributed by atoms with E-state index in [1.165, 1.54) is 12.3 Å². The topological polar surface area (TPSA) is 82.5 Å². The fraction of sp³-hybridized carbons (Fsp3) is 0.278. The molecule has 1 aliphatic rings. The Morgan fingerprint density at radius 2 is 1.88 bits per heavy atom. The van der Waals surface area contributed by atoms with Crippen molar-refractivity contribution in [2.75, 3.05) is 13.1 Å². The van der Waals surface area contributed by atoms with Gasteiger partial charge in [0, 0.05) is 31.5 Å². The van der Waals surface area contributed by atoms with Gasteiger partial charge in [-0.1, -0.05) is 12.1 Å². The quantitative estimate of drug-likeness (QED) is 0.902. The zero-order valence-corrected chi connectivity index (χ0v) is 13.2. The molecule has 24 heavy (non-hydrogen) atoms. The van der Waals surface area contributed by atoms with Gasteiger partial charge in [0.05, 0.1) is 11.1 Å². The first-order valence-electron chi connectivity index (χ1n) is 7.93. The molecule has 3 rings (SSSR count). The average molecular weight is 325 g/mol. The molecule has 2 aromatic rings. The Morgan fingerprint density at radius 1 is 1.12 bits per heavy atom. The van der Waals surface area contributed by atoms with Crippen LogP contribution in [-0.4, -0.2) is 45.9 Å². The van der Waals surface area contributed by atoms with Crippen molar-refractivity contribution in [1.82, 2.24) is 15.2 Å². The number of nitrogens with zero attached hydrogens (tertiary/aromatic N) is 2. The number of rotatable bonds is 3. The molecule has 1 fully saturated rings. The van der Waals surface area contributed by atoms with Crippen LogP contribution in [0.5, 0.6) is 5.75 Å². The van der Waals surface area contributed by atoms with Crippen LogP contribution in [-0.2, 0) is 0 Å². The number of benzene rings is 1. The maximum absolute atomic E-state index is 12.4. The molecule has 1 aliphatic heterocycles. The molecule has 2 amide bonds. The lowest BCUT2D eigenvalue weighted by atomic mass is 10.0. The minimum Gasteiger partial charge on any atom is -0.507 e. The number of likely N-dealkylation sites (tertiary alicyclic amines) is 1. The van der Waals surface area contributed by atoms with E-state index in [-0.39, 0.29) is 23.6 Å². The second-order valence-corrected chi connectivity index (χ2v) is 5.80. The number of phenolic OH excluding ortho intramolecular Hbond substituents is 1. The normalized spacial score (nSPS) is 15.1. The predicted molar refractivity (Wildman–Crippen MR) is 88.7 cm³/mol. The molecule has 0 unspecified atom stereocenters. The largest absolute Gasteiger partial charge is 0.507 e. The van der Waals surface area contributed by atoms with Gasteiger partial charge in [-0.15, -0.1) is 0 Å². The van der Waals surface area contributed by atoms with Crippen LogP contribution in [0.25, 0.3) is 0 Å². The molecule has 6 heteroatoms. The van der Waals surface area contributed by atoms with Crippen molar-refractivity contribution in [2.24, 2.45) is 0 Å². The summed E-state index contributed by atoms with van der Waals surface area (Å²) in [5, 5.41) is 12.8. The summed E-state index contributed by atoms with van der Waals surface area (Å²) in [4.78, 5) is 30.2.